The highest BCUT2D eigenvalue weighted by molar-refractivity contribution is 6.42. The van der Waals surface area contributed by atoms with E-state index in [0.717, 1.165) is 18.4 Å². The summed E-state index contributed by atoms with van der Waals surface area (Å²) in [6.45, 7) is 5.56. The standard InChI is InChI=1S/C13H17Cl2N/c1-8-5-11(8)7-16-9(2)10-3-4-12(14)13(15)6-10/h3-4,6,8-9,11,16H,5,7H2,1-2H3. The van der Waals surface area contributed by atoms with Gasteiger partial charge in [0.2, 0.25) is 0 Å². The molecule has 16 heavy (non-hydrogen) atoms. The summed E-state index contributed by atoms with van der Waals surface area (Å²) in [7, 11) is 0. The van der Waals surface area contributed by atoms with Crippen molar-refractivity contribution in [1.82, 2.24) is 5.32 Å². The van der Waals surface area contributed by atoms with E-state index in [0.29, 0.717) is 16.1 Å². The maximum atomic E-state index is 6.00. The van der Waals surface area contributed by atoms with Gasteiger partial charge in [0.05, 0.1) is 10.0 Å². The van der Waals surface area contributed by atoms with E-state index >= 15 is 0 Å². The fourth-order valence-electron chi connectivity index (χ4n) is 1.91. The third kappa shape index (κ3) is 2.91. The average Bonchev–Trinajstić information content (AvgIpc) is 2.95. The molecule has 0 radical (unpaired) electrons. The van der Waals surface area contributed by atoms with Gasteiger partial charge in [0.1, 0.15) is 0 Å². The van der Waals surface area contributed by atoms with Gasteiger partial charge in [0, 0.05) is 6.04 Å². The lowest BCUT2D eigenvalue weighted by Crippen LogP contribution is -2.21. The third-order valence-electron chi connectivity index (χ3n) is 3.41. The van der Waals surface area contributed by atoms with Gasteiger partial charge in [-0.15, -0.1) is 0 Å². The van der Waals surface area contributed by atoms with Gasteiger partial charge in [0.15, 0.2) is 0 Å². The van der Waals surface area contributed by atoms with Crippen LogP contribution in [0.1, 0.15) is 31.9 Å². The van der Waals surface area contributed by atoms with Gasteiger partial charge in [-0.25, -0.2) is 0 Å². The topological polar surface area (TPSA) is 12.0 Å². The molecular formula is C13H17Cl2N. The van der Waals surface area contributed by atoms with Crippen LogP contribution in [0.5, 0.6) is 0 Å². The summed E-state index contributed by atoms with van der Waals surface area (Å²) in [5, 5.41) is 4.79. The highest BCUT2D eigenvalue weighted by Crippen LogP contribution is 2.37. The predicted octanol–water partition coefficient (Wildman–Crippen LogP) is 4.30. The molecule has 1 fully saturated rings. The van der Waals surface area contributed by atoms with Crippen LogP contribution in [0.2, 0.25) is 10.0 Å². The molecule has 1 aliphatic rings. The summed E-state index contributed by atoms with van der Waals surface area (Å²) in [4.78, 5) is 0. The Kier molecular flexibility index (Phi) is 3.78. The molecule has 0 saturated heterocycles. The maximum Gasteiger partial charge on any atom is 0.0595 e. The number of hydrogen-bond acceptors (Lipinski definition) is 1. The van der Waals surface area contributed by atoms with Crippen LogP contribution < -0.4 is 5.32 Å². The van der Waals surface area contributed by atoms with Gasteiger partial charge in [-0.2, -0.15) is 0 Å². The average molecular weight is 258 g/mol. The van der Waals surface area contributed by atoms with E-state index in [1.807, 2.05) is 18.2 Å². The van der Waals surface area contributed by atoms with Gasteiger partial charge in [-0.05, 0) is 49.4 Å². The van der Waals surface area contributed by atoms with E-state index in [1.54, 1.807) is 0 Å². The smallest absolute Gasteiger partial charge is 0.0595 e. The van der Waals surface area contributed by atoms with E-state index in [9.17, 15) is 0 Å². The van der Waals surface area contributed by atoms with E-state index in [2.05, 4.69) is 19.2 Å². The Morgan fingerprint density at radius 2 is 2.06 bits per heavy atom. The molecule has 0 heterocycles. The quantitative estimate of drug-likeness (QED) is 0.849. The first-order valence-corrected chi connectivity index (χ1v) is 6.52. The zero-order chi connectivity index (χ0) is 11.7. The van der Waals surface area contributed by atoms with Crippen molar-refractivity contribution in [3.05, 3.63) is 33.8 Å². The number of halogens is 2. The van der Waals surface area contributed by atoms with Gasteiger partial charge in [-0.3, -0.25) is 0 Å². The number of rotatable bonds is 4. The largest absolute Gasteiger partial charge is 0.310 e. The van der Waals surface area contributed by atoms with Crippen molar-refractivity contribution in [2.75, 3.05) is 6.54 Å². The SMILES string of the molecule is CC(NCC1CC1C)c1ccc(Cl)c(Cl)c1. The molecule has 3 atom stereocenters. The molecule has 1 nitrogen and oxygen atoms in total. The van der Waals surface area contributed by atoms with E-state index in [-0.39, 0.29) is 0 Å². The minimum atomic E-state index is 0.336. The van der Waals surface area contributed by atoms with Gasteiger partial charge < -0.3 is 5.32 Å². The molecule has 88 valence electrons. The first-order chi connectivity index (χ1) is 7.58. The second-order valence-electron chi connectivity index (χ2n) is 4.78. The lowest BCUT2D eigenvalue weighted by molar-refractivity contribution is 0.535. The molecule has 2 rings (SSSR count). The highest BCUT2D eigenvalue weighted by Gasteiger charge is 2.32. The lowest BCUT2D eigenvalue weighted by Gasteiger charge is -2.14. The summed E-state index contributed by atoms with van der Waals surface area (Å²) in [5.41, 5.74) is 1.20. The van der Waals surface area contributed by atoms with Crippen LogP contribution in [0.15, 0.2) is 18.2 Å². The van der Waals surface area contributed by atoms with E-state index in [1.165, 1.54) is 12.0 Å². The van der Waals surface area contributed by atoms with Gasteiger partial charge in [-0.1, -0.05) is 36.2 Å². The Bertz CT molecular complexity index is 378. The number of benzene rings is 1. The van der Waals surface area contributed by atoms with Crippen molar-refractivity contribution in [2.45, 2.75) is 26.3 Å². The summed E-state index contributed by atoms with van der Waals surface area (Å²) < 4.78 is 0. The first kappa shape index (κ1) is 12.2. The van der Waals surface area contributed by atoms with E-state index < -0.39 is 0 Å². The molecule has 0 spiro atoms. The molecule has 1 aromatic carbocycles. The van der Waals surface area contributed by atoms with Crippen LogP contribution >= 0.6 is 23.2 Å². The zero-order valence-corrected chi connectivity index (χ0v) is 11.1. The first-order valence-electron chi connectivity index (χ1n) is 5.76. The highest BCUT2D eigenvalue weighted by atomic mass is 35.5. The van der Waals surface area contributed by atoms with Crippen LogP contribution in [-0.4, -0.2) is 6.54 Å². The Balaban J connectivity index is 1.92. The molecule has 1 aromatic rings. The Labute approximate surface area is 107 Å². The molecule has 1 saturated carbocycles. The Hall–Kier alpha value is -0.240. The van der Waals surface area contributed by atoms with Crippen molar-refractivity contribution >= 4 is 23.2 Å². The molecule has 1 aliphatic carbocycles. The molecule has 0 aliphatic heterocycles. The van der Waals surface area contributed by atoms with E-state index in [4.69, 9.17) is 23.2 Å². The minimum Gasteiger partial charge on any atom is -0.310 e. The molecule has 3 unspecified atom stereocenters. The molecule has 3 heteroatoms. The zero-order valence-electron chi connectivity index (χ0n) is 9.63. The van der Waals surface area contributed by atoms with Crippen molar-refractivity contribution in [2.24, 2.45) is 11.8 Å². The minimum absolute atomic E-state index is 0.336. The molecular weight excluding hydrogens is 241 g/mol. The van der Waals surface area contributed by atoms with Crippen LogP contribution in [0.3, 0.4) is 0 Å². The molecule has 0 amide bonds. The maximum absolute atomic E-state index is 6.00. The normalized spacial score (nSPS) is 25.5. The van der Waals surface area contributed by atoms with Crippen LogP contribution in [-0.2, 0) is 0 Å². The summed E-state index contributed by atoms with van der Waals surface area (Å²) in [6, 6.07) is 6.17. The third-order valence-corrected chi connectivity index (χ3v) is 4.15. The van der Waals surface area contributed by atoms with Crippen LogP contribution in [0.25, 0.3) is 0 Å². The van der Waals surface area contributed by atoms with Crippen molar-refractivity contribution in [3.63, 3.8) is 0 Å². The number of hydrogen-bond donors (Lipinski definition) is 1. The summed E-state index contributed by atoms with van der Waals surface area (Å²) >= 11 is 11.9. The lowest BCUT2D eigenvalue weighted by atomic mass is 10.1. The summed E-state index contributed by atoms with van der Waals surface area (Å²) in [6.07, 6.45) is 1.36. The Morgan fingerprint density at radius 3 is 2.62 bits per heavy atom. The predicted molar refractivity (Wildman–Crippen MR) is 70.2 cm³/mol. The van der Waals surface area contributed by atoms with Crippen molar-refractivity contribution in [1.29, 1.82) is 0 Å². The second kappa shape index (κ2) is 4.95. The molecule has 0 bridgehead atoms. The van der Waals surface area contributed by atoms with Crippen molar-refractivity contribution < 1.29 is 0 Å². The Morgan fingerprint density at radius 1 is 1.38 bits per heavy atom. The van der Waals surface area contributed by atoms with Crippen LogP contribution in [0, 0.1) is 11.8 Å². The van der Waals surface area contributed by atoms with Gasteiger partial charge in [0.25, 0.3) is 0 Å². The molecule has 0 aromatic heterocycles. The fraction of sp³-hybridized carbons (Fsp3) is 0.538. The molecule has 1 N–H and O–H groups in total. The monoisotopic (exact) mass is 257 g/mol. The fourth-order valence-corrected chi connectivity index (χ4v) is 2.22. The van der Waals surface area contributed by atoms with Crippen molar-refractivity contribution in [3.8, 4) is 0 Å². The van der Waals surface area contributed by atoms with Gasteiger partial charge >= 0.3 is 0 Å². The number of nitrogens with one attached hydrogen (secondary N) is 1. The van der Waals surface area contributed by atoms with Crippen LogP contribution in [0.4, 0.5) is 0 Å². The summed E-state index contributed by atoms with van der Waals surface area (Å²) in [5.74, 6) is 1.76. The second-order valence-corrected chi connectivity index (χ2v) is 5.59.